The third kappa shape index (κ3) is 11.0. The largest absolute Gasteiger partial charge is 0.396 e. The van der Waals surface area contributed by atoms with Crippen LogP contribution in [0.1, 0.15) is 65.2 Å². The molecule has 0 aliphatic heterocycles. The molecular weight excluding hydrogens is 226 g/mol. The lowest BCUT2D eigenvalue weighted by atomic mass is 10.1. The molecule has 0 radical (unpaired) electrons. The summed E-state index contributed by atoms with van der Waals surface area (Å²) in [5.41, 5.74) is 0. The first-order valence-electron chi connectivity index (χ1n) is 7.75. The van der Waals surface area contributed by atoms with Gasteiger partial charge in [-0.25, -0.2) is 0 Å². The summed E-state index contributed by atoms with van der Waals surface area (Å²) in [4.78, 5) is 2.28. The minimum atomic E-state index is -0.153. The van der Waals surface area contributed by atoms with Crippen LogP contribution in [0.2, 0.25) is 0 Å². The van der Waals surface area contributed by atoms with Gasteiger partial charge in [0.15, 0.2) is 0 Å². The molecule has 0 rings (SSSR count). The minimum Gasteiger partial charge on any atom is -0.396 e. The number of aliphatic hydroxyl groups is 2. The normalized spacial score (nSPS) is 13.2. The van der Waals surface area contributed by atoms with Crippen molar-refractivity contribution >= 4 is 0 Å². The van der Waals surface area contributed by atoms with Gasteiger partial charge in [-0.15, -0.1) is 0 Å². The van der Waals surface area contributed by atoms with Crippen molar-refractivity contribution in [2.45, 2.75) is 71.3 Å². The van der Waals surface area contributed by atoms with Crippen LogP contribution in [0, 0.1) is 0 Å². The van der Waals surface area contributed by atoms with Crippen molar-refractivity contribution < 1.29 is 10.2 Å². The second-order valence-electron chi connectivity index (χ2n) is 5.13. The molecule has 0 aromatic heterocycles. The summed E-state index contributed by atoms with van der Waals surface area (Å²) < 4.78 is 0. The summed E-state index contributed by atoms with van der Waals surface area (Å²) >= 11 is 0. The number of aliphatic hydroxyl groups excluding tert-OH is 2. The van der Waals surface area contributed by atoms with Crippen LogP contribution in [0.25, 0.3) is 0 Å². The van der Waals surface area contributed by atoms with Crippen molar-refractivity contribution in [2.75, 3.05) is 26.2 Å². The van der Waals surface area contributed by atoms with E-state index >= 15 is 0 Å². The van der Waals surface area contributed by atoms with Gasteiger partial charge in [0.2, 0.25) is 0 Å². The Kier molecular flexibility index (Phi) is 13.2. The molecule has 0 aliphatic carbocycles. The number of hydrogen-bond donors (Lipinski definition) is 2. The van der Waals surface area contributed by atoms with Crippen molar-refractivity contribution in [3.8, 4) is 0 Å². The maximum atomic E-state index is 9.89. The summed E-state index contributed by atoms with van der Waals surface area (Å²) in [7, 11) is 0. The highest BCUT2D eigenvalue weighted by Gasteiger charge is 2.08. The molecule has 110 valence electrons. The maximum absolute atomic E-state index is 9.89. The van der Waals surface area contributed by atoms with Gasteiger partial charge in [0, 0.05) is 13.2 Å². The van der Waals surface area contributed by atoms with Crippen LogP contribution in [0.15, 0.2) is 0 Å². The molecule has 0 bridgehead atoms. The first-order valence-corrected chi connectivity index (χ1v) is 7.75. The fourth-order valence-electron chi connectivity index (χ4n) is 2.25. The highest BCUT2D eigenvalue weighted by Crippen LogP contribution is 2.10. The van der Waals surface area contributed by atoms with Gasteiger partial charge in [-0.3, -0.25) is 0 Å². The van der Waals surface area contributed by atoms with Gasteiger partial charge in [0.05, 0.1) is 6.10 Å². The smallest absolute Gasteiger partial charge is 0.0667 e. The van der Waals surface area contributed by atoms with E-state index in [0.29, 0.717) is 6.61 Å². The SMILES string of the molecule is CCN(CC)CC(O)CCCCCCCCCO. The number of unbranched alkanes of at least 4 members (excludes halogenated alkanes) is 6. The Morgan fingerprint density at radius 3 is 1.83 bits per heavy atom. The zero-order valence-electron chi connectivity index (χ0n) is 12.4. The molecular formula is C15H33NO2. The lowest BCUT2D eigenvalue weighted by Crippen LogP contribution is -2.32. The lowest BCUT2D eigenvalue weighted by Gasteiger charge is -2.21. The van der Waals surface area contributed by atoms with E-state index in [1.165, 1.54) is 25.7 Å². The molecule has 0 spiro atoms. The van der Waals surface area contributed by atoms with Gasteiger partial charge in [0.25, 0.3) is 0 Å². The predicted molar refractivity (Wildman–Crippen MR) is 77.8 cm³/mol. The first kappa shape index (κ1) is 17.9. The van der Waals surface area contributed by atoms with Crippen LogP contribution in [0.4, 0.5) is 0 Å². The Balaban J connectivity index is 3.27. The fourth-order valence-corrected chi connectivity index (χ4v) is 2.25. The van der Waals surface area contributed by atoms with E-state index in [4.69, 9.17) is 5.11 Å². The van der Waals surface area contributed by atoms with Gasteiger partial charge < -0.3 is 15.1 Å². The van der Waals surface area contributed by atoms with Crippen molar-refractivity contribution in [1.29, 1.82) is 0 Å². The monoisotopic (exact) mass is 259 g/mol. The fraction of sp³-hybridized carbons (Fsp3) is 1.00. The van der Waals surface area contributed by atoms with Crippen LogP contribution < -0.4 is 0 Å². The molecule has 0 heterocycles. The van der Waals surface area contributed by atoms with E-state index in [-0.39, 0.29) is 6.10 Å². The van der Waals surface area contributed by atoms with Crippen LogP contribution in [0.3, 0.4) is 0 Å². The maximum Gasteiger partial charge on any atom is 0.0667 e. The zero-order valence-corrected chi connectivity index (χ0v) is 12.4. The summed E-state index contributed by atoms with van der Waals surface area (Å²) in [5.74, 6) is 0. The van der Waals surface area contributed by atoms with Gasteiger partial charge in [0.1, 0.15) is 0 Å². The molecule has 1 unspecified atom stereocenters. The van der Waals surface area contributed by atoms with Crippen LogP contribution >= 0.6 is 0 Å². The van der Waals surface area contributed by atoms with Crippen molar-refractivity contribution in [3.05, 3.63) is 0 Å². The van der Waals surface area contributed by atoms with Gasteiger partial charge in [-0.1, -0.05) is 52.4 Å². The second kappa shape index (κ2) is 13.3. The lowest BCUT2D eigenvalue weighted by molar-refractivity contribution is 0.108. The highest BCUT2D eigenvalue weighted by atomic mass is 16.3. The second-order valence-corrected chi connectivity index (χ2v) is 5.13. The van der Waals surface area contributed by atoms with Crippen LogP contribution in [-0.2, 0) is 0 Å². The molecule has 2 N–H and O–H groups in total. The number of nitrogens with zero attached hydrogens (tertiary/aromatic N) is 1. The van der Waals surface area contributed by atoms with Crippen molar-refractivity contribution in [2.24, 2.45) is 0 Å². The first-order chi connectivity index (χ1) is 8.74. The summed E-state index contributed by atoms with van der Waals surface area (Å²) in [6.07, 6.45) is 9.03. The molecule has 0 saturated carbocycles. The average molecular weight is 259 g/mol. The number of likely N-dealkylation sites (N-methyl/N-ethyl adjacent to an activating group) is 1. The standard InChI is InChI=1S/C15H33NO2/c1-3-16(4-2)14-15(18)12-10-8-6-5-7-9-11-13-17/h15,17-18H,3-14H2,1-2H3. The Hall–Kier alpha value is -0.120. The average Bonchev–Trinajstić information content (AvgIpc) is 2.39. The molecule has 0 aromatic carbocycles. The molecule has 0 aromatic rings. The van der Waals surface area contributed by atoms with Gasteiger partial charge >= 0.3 is 0 Å². The highest BCUT2D eigenvalue weighted by molar-refractivity contribution is 4.62. The Labute approximate surface area is 113 Å². The van der Waals surface area contributed by atoms with Crippen LogP contribution in [-0.4, -0.2) is 47.5 Å². The van der Waals surface area contributed by atoms with Crippen LogP contribution in [0.5, 0.6) is 0 Å². The molecule has 1 atom stereocenters. The molecule has 3 heteroatoms. The quantitative estimate of drug-likeness (QED) is 0.500. The Morgan fingerprint density at radius 2 is 1.33 bits per heavy atom. The zero-order chi connectivity index (χ0) is 13.6. The summed E-state index contributed by atoms with van der Waals surface area (Å²) in [6, 6.07) is 0. The number of rotatable bonds is 13. The van der Waals surface area contributed by atoms with Gasteiger partial charge in [-0.05, 0) is 25.9 Å². The molecule has 0 aliphatic rings. The molecule has 0 fully saturated rings. The molecule has 0 saturated heterocycles. The van der Waals surface area contributed by atoms with E-state index in [9.17, 15) is 5.11 Å². The van der Waals surface area contributed by atoms with Crippen molar-refractivity contribution in [3.63, 3.8) is 0 Å². The van der Waals surface area contributed by atoms with Gasteiger partial charge in [-0.2, -0.15) is 0 Å². The summed E-state index contributed by atoms with van der Waals surface area (Å²) in [5, 5.41) is 18.5. The Bertz CT molecular complexity index is 161. The molecule has 18 heavy (non-hydrogen) atoms. The number of hydrogen-bond acceptors (Lipinski definition) is 3. The third-order valence-electron chi connectivity index (χ3n) is 3.56. The third-order valence-corrected chi connectivity index (χ3v) is 3.56. The minimum absolute atomic E-state index is 0.153. The molecule has 0 amide bonds. The summed E-state index contributed by atoms with van der Waals surface area (Å²) in [6.45, 7) is 7.49. The van der Waals surface area contributed by atoms with E-state index in [0.717, 1.165) is 45.3 Å². The van der Waals surface area contributed by atoms with E-state index < -0.39 is 0 Å². The molecule has 3 nitrogen and oxygen atoms in total. The van der Waals surface area contributed by atoms with E-state index in [1.807, 2.05) is 0 Å². The predicted octanol–water partition coefficient (Wildman–Crippen LogP) is 2.80. The van der Waals surface area contributed by atoms with E-state index in [1.54, 1.807) is 0 Å². The van der Waals surface area contributed by atoms with Crippen molar-refractivity contribution in [1.82, 2.24) is 4.90 Å². The topological polar surface area (TPSA) is 43.7 Å². The Morgan fingerprint density at radius 1 is 0.833 bits per heavy atom. The van der Waals surface area contributed by atoms with E-state index in [2.05, 4.69) is 18.7 Å².